The van der Waals surface area contributed by atoms with Crippen molar-refractivity contribution in [1.29, 1.82) is 0 Å². The number of hydrogen-bond acceptors (Lipinski definition) is 5. The second-order valence-corrected chi connectivity index (χ2v) is 7.66. The van der Waals surface area contributed by atoms with Crippen LogP contribution in [0.4, 0.5) is 5.82 Å². The van der Waals surface area contributed by atoms with Crippen LogP contribution in [0.2, 0.25) is 0 Å². The van der Waals surface area contributed by atoms with Gasteiger partial charge in [0.25, 0.3) is 0 Å². The van der Waals surface area contributed by atoms with Crippen LogP contribution in [0, 0.1) is 6.92 Å². The number of aryl methyl sites for hydroxylation is 2. The van der Waals surface area contributed by atoms with E-state index in [1.165, 1.54) is 11.3 Å². The van der Waals surface area contributed by atoms with E-state index in [0.717, 1.165) is 27.2 Å². The van der Waals surface area contributed by atoms with Crippen molar-refractivity contribution in [3.05, 3.63) is 65.9 Å². The van der Waals surface area contributed by atoms with Crippen LogP contribution >= 0.6 is 11.3 Å². The summed E-state index contributed by atoms with van der Waals surface area (Å²) in [5, 5.41) is 8.21. The lowest BCUT2D eigenvalue weighted by Gasteiger charge is -2.06. The third kappa shape index (κ3) is 4.30. The predicted molar refractivity (Wildman–Crippen MR) is 116 cm³/mol. The molecule has 4 aromatic rings. The van der Waals surface area contributed by atoms with Gasteiger partial charge in [-0.3, -0.25) is 4.79 Å². The second-order valence-electron chi connectivity index (χ2n) is 6.65. The summed E-state index contributed by atoms with van der Waals surface area (Å²) in [6.45, 7) is 4.43. The first-order chi connectivity index (χ1) is 14.1. The summed E-state index contributed by atoms with van der Waals surface area (Å²) in [4.78, 5) is 17.2. The number of para-hydroxylation sites is 1. The summed E-state index contributed by atoms with van der Waals surface area (Å²) in [5.74, 6) is 1.33. The molecule has 2 heterocycles. The molecule has 4 rings (SSSR count). The zero-order valence-corrected chi connectivity index (χ0v) is 17.2. The third-order valence-electron chi connectivity index (χ3n) is 4.43. The number of ether oxygens (including phenoxy) is 1. The van der Waals surface area contributed by atoms with Crippen molar-refractivity contribution in [2.75, 3.05) is 11.9 Å². The fourth-order valence-electron chi connectivity index (χ4n) is 3.12. The van der Waals surface area contributed by atoms with Crippen LogP contribution in [0.25, 0.3) is 15.3 Å². The summed E-state index contributed by atoms with van der Waals surface area (Å²) in [5.41, 5.74) is 2.76. The number of hydrogen-bond donors (Lipinski definition) is 1. The van der Waals surface area contributed by atoms with Gasteiger partial charge in [0.1, 0.15) is 17.1 Å². The van der Waals surface area contributed by atoms with Crippen LogP contribution < -0.4 is 10.1 Å². The highest BCUT2D eigenvalue weighted by Crippen LogP contribution is 2.32. The van der Waals surface area contributed by atoms with Gasteiger partial charge in [-0.1, -0.05) is 47.7 Å². The molecular formula is C22H22N4O2S. The van der Waals surface area contributed by atoms with E-state index in [2.05, 4.69) is 10.4 Å². The van der Waals surface area contributed by atoms with Gasteiger partial charge < -0.3 is 10.1 Å². The van der Waals surface area contributed by atoms with E-state index in [0.29, 0.717) is 30.4 Å². The molecule has 0 saturated carbocycles. The number of nitrogens with zero attached hydrogens (tertiary/aromatic N) is 3. The largest absolute Gasteiger partial charge is 0.492 e. The van der Waals surface area contributed by atoms with Crippen LogP contribution in [0.15, 0.2) is 54.6 Å². The maximum atomic E-state index is 12.5. The van der Waals surface area contributed by atoms with Crippen LogP contribution in [-0.2, 0) is 11.2 Å². The molecule has 0 aliphatic rings. The van der Waals surface area contributed by atoms with E-state index in [1.54, 1.807) is 4.68 Å². The number of aromatic nitrogens is 3. The fourth-order valence-corrected chi connectivity index (χ4v) is 4.07. The molecule has 0 saturated heterocycles. The van der Waals surface area contributed by atoms with E-state index in [4.69, 9.17) is 9.72 Å². The Kier molecular flexibility index (Phi) is 5.57. The number of anilines is 1. The van der Waals surface area contributed by atoms with Crippen molar-refractivity contribution in [2.24, 2.45) is 0 Å². The van der Waals surface area contributed by atoms with Crippen LogP contribution in [-0.4, -0.2) is 27.3 Å². The molecule has 0 spiro atoms. The monoisotopic (exact) mass is 406 g/mol. The molecule has 1 amide bonds. The molecule has 0 radical (unpaired) electrons. The molecule has 7 heteroatoms. The van der Waals surface area contributed by atoms with Gasteiger partial charge in [0.15, 0.2) is 0 Å². The number of benzene rings is 2. The molecule has 29 heavy (non-hydrogen) atoms. The Morgan fingerprint density at radius 3 is 2.79 bits per heavy atom. The molecular weight excluding hydrogens is 384 g/mol. The smallest absolute Gasteiger partial charge is 0.225 e. The average Bonchev–Trinajstić information content (AvgIpc) is 3.31. The number of carbonyl (C=O) groups is 1. The van der Waals surface area contributed by atoms with Gasteiger partial charge in [-0.05, 0) is 38.0 Å². The van der Waals surface area contributed by atoms with Crippen LogP contribution in [0.3, 0.4) is 0 Å². The van der Waals surface area contributed by atoms with Gasteiger partial charge in [-0.2, -0.15) is 9.78 Å². The minimum atomic E-state index is -0.0499. The van der Waals surface area contributed by atoms with E-state index >= 15 is 0 Å². The van der Waals surface area contributed by atoms with Gasteiger partial charge in [0, 0.05) is 12.5 Å². The number of nitrogens with one attached hydrogen (secondary N) is 1. The average molecular weight is 407 g/mol. The highest BCUT2D eigenvalue weighted by atomic mass is 32.1. The summed E-state index contributed by atoms with van der Waals surface area (Å²) in [6.07, 6.45) is 1.10. The lowest BCUT2D eigenvalue weighted by molar-refractivity contribution is -0.116. The van der Waals surface area contributed by atoms with Gasteiger partial charge >= 0.3 is 0 Å². The molecule has 0 bridgehead atoms. The van der Waals surface area contributed by atoms with Crippen molar-refractivity contribution in [2.45, 2.75) is 26.7 Å². The van der Waals surface area contributed by atoms with Crippen molar-refractivity contribution < 1.29 is 9.53 Å². The highest BCUT2D eigenvalue weighted by Gasteiger charge is 2.16. The Balaban J connectivity index is 1.56. The Labute approximate surface area is 173 Å². The fraction of sp³-hybridized carbons (Fsp3) is 0.227. The van der Waals surface area contributed by atoms with Crippen molar-refractivity contribution in [1.82, 2.24) is 14.8 Å². The number of thiazole rings is 1. The van der Waals surface area contributed by atoms with Gasteiger partial charge in [0.05, 0.1) is 17.0 Å². The van der Waals surface area contributed by atoms with E-state index in [-0.39, 0.29) is 5.91 Å². The summed E-state index contributed by atoms with van der Waals surface area (Å²) in [7, 11) is 0. The maximum absolute atomic E-state index is 12.5. The Bertz CT molecular complexity index is 1130. The van der Waals surface area contributed by atoms with Crippen molar-refractivity contribution >= 4 is 33.3 Å². The van der Waals surface area contributed by atoms with Gasteiger partial charge in [-0.25, -0.2) is 4.98 Å². The summed E-state index contributed by atoms with van der Waals surface area (Å²) < 4.78 is 8.39. The Morgan fingerprint density at radius 2 is 2.00 bits per heavy atom. The number of fused-ring (bicyclic) bond motifs is 1. The highest BCUT2D eigenvalue weighted by molar-refractivity contribution is 7.20. The van der Waals surface area contributed by atoms with E-state index in [1.807, 2.05) is 68.4 Å². The van der Waals surface area contributed by atoms with E-state index < -0.39 is 0 Å². The lowest BCUT2D eigenvalue weighted by atomic mass is 10.1. The number of rotatable bonds is 7. The first-order valence-corrected chi connectivity index (χ1v) is 10.4. The van der Waals surface area contributed by atoms with Crippen molar-refractivity contribution in [3.63, 3.8) is 0 Å². The molecule has 148 valence electrons. The van der Waals surface area contributed by atoms with Crippen LogP contribution in [0.5, 0.6) is 5.75 Å². The third-order valence-corrected chi connectivity index (χ3v) is 5.43. The minimum absolute atomic E-state index is 0.0499. The van der Waals surface area contributed by atoms with Gasteiger partial charge in [0.2, 0.25) is 11.0 Å². The maximum Gasteiger partial charge on any atom is 0.225 e. The topological polar surface area (TPSA) is 69.0 Å². The molecule has 1 N–H and O–H groups in total. The molecule has 2 aromatic heterocycles. The molecule has 0 unspecified atom stereocenters. The van der Waals surface area contributed by atoms with Gasteiger partial charge in [-0.15, -0.1) is 0 Å². The predicted octanol–water partition coefficient (Wildman–Crippen LogP) is 4.76. The quantitative estimate of drug-likeness (QED) is 0.480. The van der Waals surface area contributed by atoms with E-state index in [9.17, 15) is 4.79 Å². The Hall–Kier alpha value is -3.19. The zero-order chi connectivity index (χ0) is 20.2. The van der Waals surface area contributed by atoms with Crippen molar-refractivity contribution in [3.8, 4) is 10.9 Å². The molecule has 2 aromatic carbocycles. The second kappa shape index (κ2) is 8.45. The zero-order valence-electron chi connectivity index (χ0n) is 16.4. The SMILES string of the molecule is CCOc1cccc2sc(-n3nc(C)cc3NC(=O)CCc3ccccc3)nc12. The summed E-state index contributed by atoms with van der Waals surface area (Å²) in [6, 6.07) is 17.7. The normalized spacial score (nSPS) is 11.0. The first-order valence-electron chi connectivity index (χ1n) is 9.57. The molecule has 0 fully saturated rings. The molecule has 0 aliphatic carbocycles. The lowest BCUT2D eigenvalue weighted by Crippen LogP contribution is -2.15. The first kappa shape index (κ1) is 19.1. The molecule has 0 atom stereocenters. The number of carbonyl (C=O) groups excluding carboxylic acids is 1. The summed E-state index contributed by atoms with van der Waals surface area (Å²) >= 11 is 1.51. The Morgan fingerprint density at radius 1 is 1.17 bits per heavy atom. The molecule has 0 aliphatic heterocycles. The van der Waals surface area contributed by atoms with Crippen LogP contribution in [0.1, 0.15) is 24.6 Å². The minimum Gasteiger partial charge on any atom is -0.492 e. The molecule has 6 nitrogen and oxygen atoms in total. The number of amides is 1. The standard InChI is InChI=1S/C22H22N4O2S/c1-3-28-17-10-7-11-18-21(17)24-22(29-18)26-19(14-15(2)25-26)23-20(27)13-12-16-8-5-4-6-9-16/h4-11,14H,3,12-13H2,1-2H3,(H,23,27).